The molecule has 0 saturated carbocycles. The smallest absolute Gasteiger partial charge is 0.372 e. The first-order valence-corrected chi connectivity index (χ1v) is 9.09. The van der Waals surface area contributed by atoms with E-state index in [4.69, 9.17) is 9.15 Å². The number of hydrogen-bond acceptors (Lipinski definition) is 5. The standard InChI is InChI=1S/C21H24N2O4/c1-14(2)18-19-16(7-3-8-17(19)27-20(18)21(24)25)26-11-5-10-23-13-15-6-4-9-22-12-15/h3-4,6-9,12,14,23H,5,10-11,13H2,1-2H3,(H,24,25). The monoisotopic (exact) mass is 368 g/mol. The lowest BCUT2D eigenvalue weighted by atomic mass is 9.99. The summed E-state index contributed by atoms with van der Waals surface area (Å²) in [7, 11) is 0. The molecule has 0 aliphatic rings. The maximum Gasteiger partial charge on any atom is 0.372 e. The zero-order chi connectivity index (χ0) is 19.2. The molecule has 3 aromatic rings. The third-order valence-corrected chi connectivity index (χ3v) is 4.29. The minimum Gasteiger partial charge on any atom is -0.493 e. The number of pyridine rings is 1. The highest BCUT2D eigenvalue weighted by Crippen LogP contribution is 2.37. The van der Waals surface area contributed by atoms with Crippen LogP contribution in [-0.2, 0) is 6.54 Å². The molecule has 0 aliphatic heterocycles. The minimum absolute atomic E-state index is 0.00538. The molecule has 2 heterocycles. The summed E-state index contributed by atoms with van der Waals surface area (Å²) in [6.07, 6.45) is 4.43. The lowest BCUT2D eigenvalue weighted by Crippen LogP contribution is -2.17. The van der Waals surface area contributed by atoms with Gasteiger partial charge in [-0.1, -0.05) is 26.0 Å². The minimum atomic E-state index is -1.06. The Morgan fingerprint density at radius 1 is 1.30 bits per heavy atom. The number of fused-ring (bicyclic) bond motifs is 1. The second-order valence-electron chi connectivity index (χ2n) is 6.67. The van der Waals surface area contributed by atoms with Crippen molar-refractivity contribution in [3.8, 4) is 5.75 Å². The van der Waals surface area contributed by atoms with Gasteiger partial charge in [-0.25, -0.2) is 4.79 Å². The van der Waals surface area contributed by atoms with E-state index in [2.05, 4.69) is 10.3 Å². The number of hydrogen-bond donors (Lipinski definition) is 2. The maximum absolute atomic E-state index is 11.5. The van der Waals surface area contributed by atoms with Gasteiger partial charge in [0.15, 0.2) is 0 Å². The Morgan fingerprint density at radius 3 is 2.85 bits per heavy atom. The number of aromatic carboxylic acids is 1. The van der Waals surface area contributed by atoms with Crippen LogP contribution in [0.15, 0.2) is 47.1 Å². The van der Waals surface area contributed by atoms with Crippen molar-refractivity contribution in [2.75, 3.05) is 13.2 Å². The van der Waals surface area contributed by atoms with Crippen molar-refractivity contribution >= 4 is 16.9 Å². The van der Waals surface area contributed by atoms with E-state index in [1.54, 1.807) is 12.3 Å². The Labute approximate surface area is 158 Å². The first kappa shape index (κ1) is 18.9. The van der Waals surface area contributed by atoms with Gasteiger partial charge in [-0.3, -0.25) is 4.98 Å². The number of nitrogens with one attached hydrogen (secondary N) is 1. The topological polar surface area (TPSA) is 84.6 Å². The van der Waals surface area contributed by atoms with Crippen LogP contribution in [-0.4, -0.2) is 29.2 Å². The molecule has 6 heteroatoms. The summed E-state index contributed by atoms with van der Waals surface area (Å²) >= 11 is 0. The summed E-state index contributed by atoms with van der Waals surface area (Å²) < 4.78 is 11.5. The van der Waals surface area contributed by atoms with Crippen LogP contribution in [0.5, 0.6) is 5.75 Å². The van der Waals surface area contributed by atoms with Gasteiger partial charge in [-0.15, -0.1) is 0 Å². The fraction of sp³-hybridized carbons (Fsp3) is 0.333. The Hall–Kier alpha value is -2.86. The molecule has 0 spiro atoms. The van der Waals surface area contributed by atoms with E-state index < -0.39 is 5.97 Å². The Balaban J connectivity index is 1.62. The highest BCUT2D eigenvalue weighted by Gasteiger charge is 2.24. The van der Waals surface area contributed by atoms with Gasteiger partial charge in [0, 0.05) is 24.5 Å². The van der Waals surface area contributed by atoms with E-state index in [9.17, 15) is 9.90 Å². The Kier molecular flexibility index (Phi) is 6.08. The maximum atomic E-state index is 11.5. The third-order valence-electron chi connectivity index (χ3n) is 4.29. The van der Waals surface area contributed by atoms with Gasteiger partial charge in [0.25, 0.3) is 0 Å². The average molecular weight is 368 g/mol. The SMILES string of the molecule is CC(C)c1c(C(=O)O)oc2cccc(OCCCNCc3cccnc3)c12. The van der Waals surface area contributed by atoms with Gasteiger partial charge in [0.1, 0.15) is 11.3 Å². The molecule has 3 rings (SSSR count). The van der Waals surface area contributed by atoms with Crippen molar-refractivity contribution in [2.24, 2.45) is 0 Å². The largest absolute Gasteiger partial charge is 0.493 e. The number of furan rings is 1. The summed E-state index contributed by atoms with van der Waals surface area (Å²) in [6, 6.07) is 9.40. The molecule has 0 aliphatic carbocycles. The van der Waals surface area contributed by atoms with E-state index in [1.165, 1.54) is 0 Å². The van der Waals surface area contributed by atoms with E-state index in [1.807, 2.05) is 44.3 Å². The van der Waals surface area contributed by atoms with Gasteiger partial charge >= 0.3 is 5.97 Å². The van der Waals surface area contributed by atoms with Crippen LogP contribution < -0.4 is 10.1 Å². The van der Waals surface area contributed by atoms with Gasteiger partial charge in [-0.2, -0.15) is 0 Å². The first-order valence-electron chi connectivity index (χ1n) is 9.09. The molecule has 0 radical (unpaired) electrons. The molecule has 0 atom stereocenters. The van der Waals surface area contributed by atoms with Crippen LogP contribution in [0.3, 0.4) is 0 Å². The van der Waals surface area contributed by atoms with Gasteiger partial charge in [0.2, 0.25) is 5.76 Å². The lowest BCUT2D eigenvalue weighted by Gasteiger charge is -2.10. The molecule has 6 nitrogen and oxygen atoms in total. The number of nitrogens with zero attached hydrogens (tertiary/aromatic N) is 1. The van der Waals surface area contributed by atoms with E-state index in [0.717, 1.165) is 30.5 Å². The van der Waals surface area contributed by atoms with Crippen molar-refractivity contribution in [1.82, 2.24) is 10.3 Å². The van der Waals surface area contributed by atoms with Crippen LogP contribution in [0.4, 0.5) is 0 Å². The second-order valence-corrected chi connectivity index (χ2v) is 6.67. The van der Waals surface area contributed by atoms with Gasteiger partial charge in [-0.05, 0) is 42.6 Å². The molecule has 2 N–H and O–H groups in total. The normalized spacial score (nSPS) is 11.2. The van der Waals surface area contributed by atoms with Crippen molar-refractivity contribution in [1.29, 1.82) is 0 Å². The average Bonchev–Trinajstić information content (AvgIpc) is 3.06. The number of carboxylic acid groups (broad SMARTS) is 1. The van der Waals surface area contributed by atoms with Gasteiger partial charge in [0.05, 0.1) is 12.0 Å². The number of ether oxygens (including phenoxy) is 1. The molecule has 27 heavy (non-hydrogen) atoms. The summed E-state index contributed by atoms with van der Waals surface area (Å²) in [5.74, 6) is -0.377. The summed E-state index contributed by atoms with van der Waals surface area (Å²) in [5.41, 5.74) is 2.37. The van der Waals surface area contributed by atoms with Crippen LogP contribution in [0.2, 0.25) is 0 Å². The van der Waals surface area contributed by atoms with Crippen molar-refractivity contribution in [3.05, 3.63) is 59.6 Å². The molecule has 0 fully saturated rings. The Morgan fingerprint density at radius 2 is 2.15 bits per heavy atom. The molecular formula is C21H24N2O4. The van der Waals surface area contributed by atoms with Crippen molar-refractivity contribution in [2.45, 2.75) is 32.7 Å². The van der Waals surface area contributed by atoms with E-state index in [-0.39, 0.29) is 11.7 Å². The van der Waals surface area contributed by atoms with Crippen LogP contribution >= 0.6 is 0 Å². The summed E-state index contributed by atoms with van der Waals surface area (Å²) in [6.45, 7) is 6.02. The second kappa shape index (κ2) is 8.68. The lowest BCUT2D eigenvalue weighted by molar-refractivity contribution is 0.0662. The molecule has 0 amide bonds. The Bertz CT molecular complexity index is 903. The third kappa shape index (κ3) is 4.46. The summed E-state index contributed by atoms with van der Waals surface area (Å²) in [5, 5.41) is 13.5. The molecular weight excluding hydrogens is 344 g/mol. The number of benzene rings is 1. The van der Waals surface area contributed by atoms with E-state index >= 15 is 0 Å². The predicted octanol–water partition coefficient (Wildman–Crippen LogP) is 4.21. The fourth-order valence-electron chi connectivity index (χ4n) is 3.08. The molecule has 0 bridgehead atoms. The zero-order valence-corrected chi connectivity index (χ0v) is 15.6. The number of carboxylic acids is 1. The van der Waals surface area contributed by atoms with Gasteiger partial charge < -0.3 is 19.6 Å². The number of carbonyl (C=O) groups is 1. The fourth-order valence-corrected chi connectivity index (χ4v) is 3.08. The van der Waals surface area contributed by atoms with Crippen molar-refractivity contribution < 1.29 is 19.1 Å². The van der Waals surface area contributed by atoms with E-state index in [0.29, 0.717) is 23.5 Å². The molecule has 142 valence electrons. The number of aromatic nitrogens is 1. The number of rotatable bonds is 9. The van der Waals surface area contributed by atoms with Crippen LogP contribution in [0.1, 0.15) is 47.9 Å². The van der Waals surface area contributed by atoms with Crippen LogP contribution in [0, 0.1) is 0 Å². The molecule has 1 aromatic carbocycles. The quantitative estimate of drug-likeness (QED) is 0.551. The zero-order valence-electron chi connectivity index (χ0n) is 15.6. The molecule has 0 unspecified atom stereocenters. The van der Waals surface area contributed by atoms with Crippen molar-refractivity contribution in [3.63, 3.8) is 0 Å². The highest BCUT2D eigenvalue weighted by atomic mass is 16.5. The predicted molar refractivity (Wildman–Crippen MR) is 103 cm³/mol. The molecule has 0 saturated heterocycles. The summed E-state index contributed by atoms with van der Waals surface area (Å²) in [4.78, 5) is 15.6. The first-order chi connectivity index (χ1) is 13.1. The van der Waals surface area contributed by atoms with Crippen LogP contribution in [0.25, 0.3) is 11.0 Å². The highest BCUT2D eigenvalue weighted by molar-refractivity contribution is 5.98. The molecule has 2 aromatic heterocycles.